The first-order chi connectivity index (χ1) is 15.2. The van der Waals surface area contributed by atoms with E-state index in [-0.39, 0.29) is 11.7 Å². The summed E-state index contributed by atoms with van der Waals surface area (Å²) in [5.41, 5.74) is 3.08. The number of pyridine rings is 1. The zero-order chi connectivity index (χ0) is 21.5. The molecule has 0 aliphatic carbocycles. The molecule has 0 saturated carbocycles. The molecule has 5 nitrogen and oxygen atoms in total. The predicted molar refractivity (Wildman–Crippen MR) is 122 cm³/mol. The fraction of sp³-hybridized carbons (Fsp3) is 0.280. The van der Waals surface area contributed by atoms with E-state index in [0.29, 0.717) is 19.6 Å². The van der Waals surface area contributed by atoms with E-state index in [1.165, 1.54) is 12.1 Å². The smallest absolute Gasteiger partial charge is 0.242 e. The number of hydrogen-bond acceptors (Lipinski definition) is 4. The summed E-state index contributed by atoms with van der Waals surface area (Å²) in [4.78, 5) is 23.7. The molecule has 2 aromatic carbocycles. The minimum atomic E-state index is -0.231. The average Bonchev–Trinajstić information content (AvgIpc) is 3.07. The van der Waals surface area contributed by atoms with E-state index in [9.17, 15) is 9.18 Å². The fourth-order valence-electron chi connectivity index (χ4n) is 3.93. The second kappa shape index (κ2) is 10.1. The first-order valence-corrected chi connectivity index (χ1v) is 10.7. The van der Waals surface area contributed by atoms with Crippen molar-refractivity contribution in [2.45, 2.75) is 13.0 Å². The number of amides is 1. The van der Waals surface area contributed by atoms with Crippen LogP contribution >= 0.6 is 0 Å². The van der Waals surface area contributed by atoms with Gasteiger partial charge in [-0.15, -0.1) is 0 Å². The maximum atomic E-state index is 13.2. The van der Waals surface area contributed by atoms with Crippen LogP contribution in [0.5, 0.6) is 0 Å². The number of aromatic nitrogens is 1. The second-order valence-electron chi connectivity index (χ2n) is 7.75. The van der Waals surface area contributed by atoms with Gasteiger partial charge in [-0.1, -0.05) is 24.3 Å². The molecular formula is C25H27FN4O. The van der Waals surface area contributed by atoms with Crippen LogP contribution in [-0.2, 0) is 11.3 Å². The van der Waals surface area contributed by atoms with E-state index in [1.54, 1.807) is 18.3 Å². The molecule has 160 valence electrons. The molecule has 4 rings (SSSR count). The maximum Gasteiger partial charge on any atom is 0.242 e. The van der Waals surface area contributed by atoms with Gasteiger partial charge in [0, 0.05) is 56.5 Å². The third-order valence-corrected chi connectivity index (χ3v) is 5.58. The molecule has 2 heterocycles. The van der Waals surface area contributed by atoms with Gasteiger partial charge in [0.05, 0.1) is 6.54 Å². The van der Waals surface area contributed by atoms with Gasteiger partial charge in [-0.3, -0.25) is 9.78 Å². The quantitative estimate of drug-likeness (QED) is 0.607. The van der Waals surface area contributed by atoms with E-state index < -0.39 is 0 Å². The minimum absolute atomic E-state index is 0.119. The summed E-state index contributed by atoms with van der Waals surface area (Å²) in [7, 11) is 0. The summed E-state index contributed by atoms with van der Waals surface area (Å²) in [5, 5.41) is 0. The molecule has 0 radical (unpaired) electrons. The van der Waals surface area contributed by atoms with Gasteiger partial charge in [0.2, 0.25) is 5.91 Å². The number of carbonyl (C=O) groups excluding carboxylic acids is 1. The number of benzene rings is 2. The van der Waals surface area contributed by atoms with Crippen LogP contribution in [0.1, 0.15) is 12.0 Å². The first-order valence-electron chi connectivity index (χ1n) is 10.7. The molecule has 0 atom stereocenters. The number of para-hydroxylation sites is 1. The van der Waals surface area contributed by atoms with Crippen molar-refractivity contribution < 1.29 is 9.18 Å². The highest BCUT2D eigenvalue weighted by Crippen LogP contribution is 2.19. The number of rotatable bonds is 6. The lowest BCUT2D eigenvalue weighted by Gasteiger charge is -2.28. The van der Waals surface area contributed by atoms with Gasteiger partial charge in [-0.05, 0) is 54.4 Å². The summed E-state index contributed by atoms with van der Waals surface area (Å²) >= 11 is 0. The highest BCUT2D eigenvalue weighted by molar-refractivity contribution is 5.81. The third kappa shape index (κ3) is 5.60. The lowest BCUT2D eigenvalue weighted by atomic mass is 10.2. The maximum absolute atomic E-state index is 13.2. The number of nitrogens with zero attached hydrogens (tertiary/aromatic N) is 4. The molecule has 0 unspecified atom stereocenters. The fourth-order valence-corrected chi connectivity index (χ4v) is 3.93. The average molecular weight is 419 g/mol. The van der Waals surface area contributed by atoms with Crippen LogP contribution in [0.2, 0.25) is 0 Å². The highest BCUT2D eigenvalue weighted by atomic mass is 19.1. The zero-order valence-corrected chi connectivity index (χ0v) is 17.5. The number of hydrogen-bond donors (Lipinski definition) is 0. The lowest BCUT2D eigenvalue weighted by Crippen LogP contribution is -2.42. The molecule has 1 amide bonds. The summed E-state index contributed by atoms with van der Waals surface area (Å²) in [6, 6.07) is 20.5. The predicted octanol–water partition coefficient (Wildman–Crippen LogP) is 3.97. The molecule has 1 fully saturated rings. The van der Waals surface area contributed by atoms with Crippen LogP contribution in [0.25, 0.3) is 0 Å². The molecule has 3 aromatic rings. The van der Waals surface area contributed by atoms with Gasteiger partial charge in [0.1, 0.15) is 5.82 Å². The van der Waals surface area contributed by atoms with E-state index in [2.05, 4.69) is 14.8 Å². The Kier molecular flexibility index (Phi) is 6.77. The van der Waals surface area contributed by atoms with Crippen molar-refractivity contribution >= 4 is 17.3 Å². The SMILES string of the molecule is O=C(CN(Cc1cccnc1)c1ccccc1)N1CCCN(c2ccc(F)cc2)CC1. The van der Waals surface area contributed by atoms with Crippen LogP contribution in [-0.4, -0.2) is 48.5 Å². The van der Waals surface area contributed by atoms with Gasteiger partial charge in [0.15, 0.2) is 0 Å². The van der Waals surface area contributed by atoms with Crippen molar-refractivity contribution in [1.29, 1.82) is 0 Å². The Labute approximate surface area is 182 Å². The summed E-state index contributed by atoms with van der Waals surface area (Å²) in [6.07, 6.45) is 4.48. The Balaban J connectivity index is 1.42. The van der Waals surface area contributed by atoms with Crippen molar-refractivity contribution in [2.24, 2.45) is 0 Å². The molecule has 31 heavy (non-hydrogen) atoms. The summed E-state index contributed by atoms with van der Waals surface area (Å²) in [6.45, 7) is 3.92. The second-order valence-corrected chi connectivity index (χ2v) is 7.75. The molecule has 1 aromatic heterocycles. The van der Waals surface area contributed by atoms with E-state index in [1.807, 2.05) is 53.6 Å². The van der Waals surface area contributed by atoms with Crippen molar-refractivity contribution in [1.82, 2.24) is 9.88 Å². The van der Waals surface area contributed by atoms with Crippen LogP contribution in [0.4, 0.5) is 15.8 Å². The monoisotopic (exact) mass is 418 g/mol. The third-order valence-electron chi connectivity index (χ3n) is 5.58. The Morgan fingerprint density at radius 2 is 1.74 bits per heavy atom. The van der Waals surface area contributed by atoms with Gasteiger partial charge >= 0.3 is 0 Å². The minimum Gasteiger partial charge on any atom is -0.370 e. The van der Waals surface area contributed by atoms with Crippen LogP contribution in [0.3, 0.4) is 0 Å². The van der Waals surface area contributed by atoms with Crippen molar-refractivity contribution in [3.05, 3.63) is 90.5 Å². The molecule has 1 aliphatic heterocycles. The largest absolute Gasteiger partial charge is 0.370 e. The van der Waals surface area contributed by atoms with E-state index in [4.69, 9.17) is 0 Å². The molecule has 1 saturated heterocycles. The summed E-state index contributed by atoms with van der Waals surface area (Å²) < 4.78 is 13.2. The van der Waals surface area contributed by atoms with Gasteiger partial charge in [-0.25, -0.2) is 4.39 Å². The lowest BCUT2D eigenvalue weighted by molar-refractivity contribution is -0.129. The number of anilines is 2. The number of halogens is 1. The van der Waals surface area contributed by atoms with Crippen LogP contribution in [0, 0.1) is 5.82 Å². The molecule has 1 aliphatic rings. The van der Waals surface area contributed by atoms with Crippen molar-refractivity contribution in [2.75, 3.05) is 42.5 Å². The summed E-state index contributed by atoms with van der Waals surface area (Å²) in [5.74, 6) is -0.112. The standard InChI is InChI=1S/C25H27FN4O/c26-22-9-11-24(12-10-22)28-14-5-15-29(17-16-28)25(31)20-30(23-7-2-1-3-8-23)19-21-6-4-13-27-18-21/h1-4,6-13,18H,5,14-17,19-20H2. The van der Waals surface area contributed by atoms with Gasteiger partial charge in [-0.2, -0.15) is 0 Å². The Morgan fingerprint density at radius 1 is 0.935 bits per heavy atom. The first kappa shape index (κ1) is 20.8. The van der Waals surface area contributed by atoms with Crippen LogP contribution in [0.15, 0.2) is 79.1 Å². The van der Waals surface area contributed by atoms with Crippen molar-refractivity contribution in [3.8, 4) is 0 Å². The topological polar surface area (TPSA) is 39.7 Å². The van der Waals surface area contributed by atoms with E-state index >= 15 is 0 Å². The van der Waals surface area contributed by atoms with Crippen LogP contribution < -0.4 is 9.80 Å². The molecule has 0 spiro atoms. The Hall–Kier alpha value is -3.41. The Morgan fingerprint density at radius 3 is 2.48 bits per heavy atom. The molecule has 0 bridgehead atoms. The molecular weight excluding hydrogens is 391 g/mol. The zero-order valence-electron chi connectivity index (χ0n) is 17.5. The molecule has 0 N–H and O–H groups in total. The van der Waals surface area contributed by atoms with E-state index in [0.717, 1.165) is 43.0 Å². The normalized spacial score (nSPS) is 14.2. The van der Waals surface area contributed by atoms with Gasteiger partial charge < -0.3 is 14.7 Å². The number of carbonyl (C=O) groups is 1. The molecule has 6 heteroatoms. The van der Waals surface area contributed by atoms with Crippen molar-refractivity contribution in [3.63, 3.8) is 0 Å². The van der Waals surface area contributed by atoms with Gasteiger partial charge in [0.25, 0.3) is 0 Å². The highest BCUT2D eigenvalue weighted by Gasteiger charge is 2.22. The Bertz CT molecular complexity index is 966.